The Labute approximate surface area is 152 Å². The van der Waals surface area contributed by atoms with Crippen LogP contribution < -0.4 is 4.74 Å². The second-order valence-electron chi connectivity index (χ2n) is 6.51. The maximum atomic E-state index is 13.2. The molecule has 2 aromatic rings. The number of carbonyl (C=O) groups is 1. The van der Waals surface area contributed by atoms with Crippen LogP contribution in [0.2, 0.25) is 0 Å². The largest absolute Gasteiger partial charge is 0.497 e. The lowest BCUT2D eigenvalue weighted by Crippen LogP contribution is -2.26. The third-order valence-corrected chi connectivity index (χ3v) is 5.30. The van der Waals surface area contributed by atoms with E-state index < -0.39 is 0 Å². The molecule has 2 aromatic carbocycles. The van der Waals surface area contributed by atoms with Crippen LogP contribution in [-0.2, 0) is 0 Å². The molecule has 0 saturated carbocycles. The fourth-order valence-electron chi connectivity index (χ4n) is 3.89. The summed E-state index contributed by atoms with van der Waals surface area (Å²) in [5, 5.41) is 9.84. The van der Waals surface area contributed by atoms with Crippen molar-refractivity contribution in [3.8, 4) is 11.8 Å². The number of ether oxygens (including phenoxy) is 1. The lowest BCUT2D eigenvalue weighted by molar-refractivity contribution is 0.103. The van der Waals surface area contributed by atoms with Gasteiger partial charge in [0.1, 0.15) is 5.75 Å². The number of fused-ring (bicyclic) bond motifs is 2. The van der Waals surface area contributed by atoms with Crippen molar-refractivity contribution in [1.29, 1.82) is 5.26 Å². The molecule has 128 valence electrons. The van der Waals surface area contributed by atoms with Crippen LogP contribution in [0.25, 0.3) is 5.70 Å². The zero-order chi connectivity index (χ0) is 18.4. The number of Topliss-reactive ketones (excluding diaryl/α,β-unsaturated/α-hetero) is 1. The highest BCUT2D eigenvalue weighted by Crippen LogP contribution is 2.49. The van der Waals surface area contributed by atoms with Crippen LogP contribution in [0.15, 0.2) is 65.4 Å². The summed E-state index contributed by atoms with van der Waals surface area (Å²) in [5.74, 6) is 0.386. The Hall–Kier alpha value is -3.32. The van der Waals surface area contributed by atoms with Crippen LogP contribution in [0.4, 0.5) is 0 Å². The van der Waals surface area contributed by atoms with E-state index in [2.05, 4.69) is 6.07 Å². The number of nitrogens with zero attached hydrogens (tertiary/aromatic N) is 2. The Kier molecular flexibility index (Phi) is 3.66. The highest BCUT2D eigenvalue weighted by molar-refractivity contribution is 6.22. The zero-order valence-electron chi connectivity index (χ0n) is 14.9. The van der Waals surface area contributed by atoms with Gasteiger partial charge in [-0.3, -0.25) is 4.79 Å². The fraction of sp³-hybridized carbons (Fsp3) is 0.182. The number of methoxy groups -OCH3 is 1. The highest BCUT2D eigenvalue weighted by Gasteiger charge is 2.42. The first kappa shape index (κ1) is 16.2. The lowest BCUT2D eigenvalue weighted by Gasteiger charge is -2.33. The number of allylic oxidation sites excluding steroid dienone is 3. The van der Waals surface area contributed by atoms with Crippen LogP contribution in [0.5, 0.6) is 5.75 Å². The monoisotopic (exact) mass is 342 g/mol. The molecular formula is C22H18N2O2. The van der Waals surface area contributed by atoms with E-state index in [1.807, 2.05) is 67.4 Å². The average Bonchev–Trinajstić information content (AvgIpc) is 2.97. The van der Waals surface area contributed by atoms with Gasteiger partial charge in [-0.05, 0) is 24.6 Å². The Morgan fingerprint density at radius 2 is 1.73 bits per heavy atom. The van der Waals surface area contributed by atoms with Gasteiger partial charge >= 0.3 is 0 Å². The molecule has 1 atom stereocenters. The van der Waals surface area contributed by atoms with Gasteiger partial charge < -0.3 is 9.64 Å². The molecule has 0 aromatic heterocycles. The minimum atomic E-state index is -0.364. The second kappa shape index (κ2) is 5.89. The van der Waals surface area contributed by atoms with E-state index in [0.29, 0.717) is 16.7 Å². The first-order valence-corrected chi connectivity index (χ1v) is 8.45. The number of rotatable bonds is 2. The van der Waals surface area contributed by atoms with Gasteiger partial charge in [-0.2, -0.15) is 5.26 Å². The van der Waals surface area contributed by atoms with E-state index in [1.165, 1.54) is 0 Å². The number of benzene rings is 2. The van der Waals surface area contributed by atoms with Gasteiger partial charge in [-0.1, -0.05) is 36.4 Å². The predicted molar refractivity (Wildman–Crippen MR) is 99.5 cm³/mol. The third-order valence-electron chi connectivity index (χ3n) is 5.30. The molecule has 2 aliphatic rings. The molecule has 4 rings (SSSR count). The predicted octanol–water partition coefficient (Wildman–Crippen LogP) is 4.13. The number of hydrogen-bond acceptors (Lipinski definition) is 4. The summed E-state index contributed by atoms with van der Waals surface area (Å²) < 4.78 is 5.24. The zero-order valence-corrected chi connectivity index (χ0v) is 14.9. The molecule has 1 aliphatic carbocycles. The van der Waals surface area contributed by atoms with Crippen molar-refractivity contribution in [2.24, 2.45) is 0 Å². The Balaban J connectivity index is 1.96. The average molecular weight is 342 g/mol. The number of hydrogen-bond donors (Lipinski definition) is 0. The van der Waals surface area contributed by atoms with Crippen LogP contribution in [0.1, 0.15) is 34.3 Å². The van der Waals surface area contributed by atoms with Gasteiger partial charge in [0.15, 0.2) is 5.78 Å². The van der Waals surface area contributed by atoms with Gasteiger partial charge in [0.05, 0.1) is 30.4 Å². The number of carbonyl (C=O) groups excluding carboxylic acids is 1. The van der Waals surface area contributed by atoms with E-state index >= 15 is 0 Å². The van der Waals surface area contributed by atoms with Crippen molar-refractivity contribution < 1.29 is 9.53 Å². The SMILES string of the molecule is COc1ccc(C2C(C#N)=C(C)N(C)C3=C2C(=O)c2ccccc23)cc1. The number of nitriles is 1. The van der Waals surface area contributed by atoms with Crippen LogP contribution in [0, 0.1) is 11.3 Å². The molecule has 4 nitrogen and oxygen atoms in total. The first-order chi connectivity index (χ1) is 12.6. The van der Waals surface area contributed by atoms with E-state index in [9.17, 15) is 10.1 Å². The van der Waals surface area contributed by atoms with Crippen LogP contribution >= 0.6 is 0 Å². The first-order valence-electron chi connectivity index (χ1n) is 8.45. The summed E-state index contributed by atoms with van der Waals surface area (Å²) in [6.45, 7) is 1.93. The summed E-state index contributed by atoms with van der Waals surface area (Å²) >= 11 is 0. The number of ketones is 1. The molecular weight excluding hydrogens is 324 g/mol. The van der Waals surface area contributed by atoms with Gasteiger partial charge in [-0.15, -0.1) is 0 Å². The molecule has 0 saturated heterocycles. The summed E-state index contributed by atoms with van der Waals surface area (Å²) in [5.41, 5.74) is 5.63. The van der Waals surface area contributed by atoms with E-state index in [4.69, 9.17) is 4.74 Å². The molecule has 1 aliphatic heterocycles. The summed E-state index contributed by atoms with van der Waals surface area (Å²) in [7, 11) is 3.54. The Bertz CT molecular complexity index is 1020. The van der Waals surface area contributed by atoms with Crippen molar-refractivity contribution in [2.45, 2.75) is 12.8 Å². The minimum absolute atomic E-state index is 0.00326. The molecule has 1 unspecified atom stereocenters. The smallest absolute Gasteiger partial charge is 0.192 e. The quantitative estimate of drug-likeness (QED) is 0.823. The second-order valence-corrected chi connectivity index (χ2v) is 6.51. The maximum absolute atomic E-state index is 13.2. The van der Waals surface area contributed by atoms with Crippen molar-refractivity contribution in [3.05, 3.63) is 82.1 Å². The van der Waals surface area contributed by atoms with E-state index in [0.717, 1.165) is 28.3 Å². The molecule has 0 fully saturated rings. The lowest BCUT2D eigenvalue weighted by atomic mass is 9.80. The van der Waals surface area contributed by atoms with Crippen LogP contribution in [0.3, 0.4) is 0 Å². The van der Waals surface area contributed by atoms with E-state index in [-0.39, 0.29) is 11.7 Å². The van der Waals surface area contributed by atoms with Crippen LogP contribution in [-0.4, -0.2) is 24.8 Å². The maximum Gasteiger partial charge on any atom is 0.192 e. The van der Waals surface area contributed by atoms with Gasteiger partial charge in [0.25, 0.3) is 0 Å². The molecule has 1 heterocycles. The Morgan fingerprint density at radius 3 is 2.35 bits per heavy atom. The minimum Gasteiger partial charge on any atom is -0.497 e. The van der Waals surface area contributed by atoms with Gasteiger partial charge in [0, 0.05) is 29.4 Å². The topological polar surface area (TPSA) is 53.3 Å². The molecule has 0 N–H and O–H groups in total. The normalized spacial score (nSPS) is 18.6. The highest BCUT2D eigenvalue weighted by atomic mass is 16.5. The summed E-state index contributed by atoms with van der Waals surface area (Å²) in [6, 6.07) is 17.6. The van der Waals surface area contributed by atoms with Crippen molar-refractivity contribution in [2.75, 3.05) is 14.2 Å². The van der Waals surface area contributed by atoms with E-state index in [1.54, 1.807) is 7.11 Å². The molecule has 26 heavy (non-hydrogen) atoms. The fourth-order valence-corrected chi connectivity index (χ4v) is 3.89. The van der Waals surface area contributed by atoms with Gasteiger partial charge in [-0.25, -0.2) is 0 Å². The van der Waals surface area contributed by atoms with Crippen molar-refractivity contribution in [1.82, 2.24) is 4.90 Å². The Morgan fingerprint density at radius 1 is 1.08 bits per heavy atom. The summed E-state index contributed by atoms with van der Waals surface area (Å²) in [6.07, 6.45) is 0. The molecule has 4 heteroatoms. The molecule has 0 radical (unpaired) electrons. The third kappa shape index (κ3) is 2.11. The van der Waals surface area contributed by atoms with Gasteiger partial charge in [0.2, 0.25) is 0 Å². The van der Waals surface area contributed by atoms with Crippen molar-refractivity contribution >= 4 is 11.5 Å². The molecule has 0 spiro atoms. The van der Waals surface area contributed by atoms with Crippen molar-refractivity contribution in [3.63, 3.8) is 0 Å². The molecule has 0 amide bonds. The summed E-state index contributed by atoms with van der Waals surface area (Å²) in [4.78, 5) is 15.2. The molecule has 0 bridgehead atoms. The standard InChI is InChI=1S/C22H18N2O2/c1-13-18(12-23)19(14-8-10-15(26-3)11-9-14)20-21(24(13)2)16-6-4-5-7-17(16)22(20)25/h4-11,19H,1-3H3.